The molecular weight excluding hydrogens is 244 g/mol. The molecule has 1 aliphatic heterocycles. The number of rotatable bonds is 5. The molecule has 1 heterocycles. The number of nitrogens with zero attached hydrogens (tertiary/aromatic N) is 1. The summed E-state index contributed by atoms with van der Waals surface area (Å²) in [7, 11) is 0. The Morgan fingerprint density at radius 2 is 2.11 bits per heavy atom. The highest BCUT2D eigenvalue weighted by molar-refractivity contribution is 5.72. The molecule has 0 aromatic heterocycles. The number of fused-ring (bicyclic) bond motifs is 1. The first-order valence-corrected chi connectivity index (χ1v) is 6.52. The molecular formula is C14H20N2O3. The summed E-state index contributed by atoms with van der Waals surface area (Å²) in [5, 5.41) is 18.3. The fourth-order valence-corrected chi connectivity index (χ4v) is 2.51. The van der Waals surface area contributed by atoms with Gasteiger partial charge in [0.05, 0.1) is 6.61 Å². The Kier molecular flexibility index (Phi) is 4.52. The first-order chi connectivity index (χ1) is 9.11. The molecule has 5 nitrogen and oxygen atoms in total. The van der Waals surface area contributed by atoms with E-state index < -0.39 is 12.0 Å². The number of aliphatic hydroxyl groups excluding tert-OH is 1. The van der Waals surface area contributed by atoms with Gasteiger partial charge in [-0.25, -0.2) is 0 Å². The minimum Gasteiger partial charge on any atom is -0.480 e. The van der Waals surface area contributed by atoms with Crippen molar-refractivity contribution < 1.29 is 15.0 Å². The third-order valence-corrected chi connectivity index (χ3v) is 3.72. The minimum absolute atomic E-state index is 0.0518. The van der Waals surface area contributed by atoms with Gasteiger partial charge in [0.2, 0.25) is 0 Å². The smallest absolute Gasteiger partial charge is 0.320 e. The highest BCUT2D eigenvalue weighted by Crippen LogP contribution is 2.23. The lowest BCUT2D eigenvalue weighted by Gasteiger charge is -2.36. The van der Waals surface area contributed by atoms with Crippen LogP contribution < -0.4 is 5.73 Å². The van der Waals surface area contributed by atoms with E-state index in [1.165, 1.54) is 11.1 Å². The van der Waals surface area contributed by atoms with Gasteiger partial charge < -0.3 is 15.9 Å². The Balaban J connectivity index is 2.02. The molecule has 5 heteroatoms. The standard InChI is InChI=1S/C14H20N2O3/c15-13(14(18)19)5-6-16-8-11-4-2-1-3-10(11)7-12(16)9-17/h1-4,12-13,17H,5-9,15H2,(H,18,19)/t12-,13+/m0/s1. The van der Waals surface area contributed by atoms with Crippen molar-refractivity contribution in [1.29, 1.82) is 0 Å². The number of hydrogen-bond donors (Lipinski definition) is 3. The maximum atomic E-state index is 10.7. The number of carboxylic acids is 1. The van der Waals surface area contributed by atoms with Gasteiger partial charge in [-0.05, 0) is 24.0 Å². The van der Waals surface area contributed by atoms with Gasteiger partial charge in [-0.2, -0.15) is 0 Å². The van der Waals surface area contributed by atoms with E-state index >= 15 is 0 Å². The summed E-state index contributed by atoms with van der Waals surface area (Å²) in [6.07, 6.45) is 1.20. The Hall–Kier alpha value is -1.43. The molecule has 0 fully saturated rings. The molecule has 1 aromatic rings. The van der Waals surface area contributed by atoms with Crippen LogP contribution in [0.25, 0.3) is 0 Å². The van der Waals surface area contributed by atoms with Crippen molar-refractivity contribution in [2.24, 2.45) is 5.73 Å². The lowest BCUT2D eigenvalue weighted by atomic mass is 9.94. The van der Waals surface area contributed by atoms with E-state index in [0.29, 0.717) is 13.0 Å². The van der Waals surface area contributed by atoms with Crippen LogP contribution in [0.5, 0.6) is 0 Å². The molecule has 0 aliphatic carbocycles. The number of aliphatic hydroxyl groups is 1. The van der Waals surface area contributed by atoms with Crippen LogP contribution in [-0.4, -0.2) is 46.3 Å². The van der Waals surface area contributed by atoms with Gasteiger partial charge in [-0.15, -0.1) is 0 Å². The van der Waals surface area contributed by atoms with E-state index in [4.69, 9.17) is 10.8 Å². The van der Waals surface area contributed by atoms with Crippen LogP contribution in [-0.2, 0) is 17.8 Å². The average molecular weight is 264 g/mol. The molecule has 1 aliphatic rings. The topological polar surface area (TPSA) is 86.8 Å². The molecule has 1 aromatic carbocycles. The summed E-state index contributed by atoms with van der Waals surface area (Å²) < 4.78 is 0. The summed E-state index contributed by atoms with van der Waals surface area (Å²) in [6, 6.07) is 7.38. The van der Waals surface area contributed by atoms with Gasteiger partial charge in [0.15, 0.2) is 0 Å². The normalized spacial score (nSPS) is 20.8. The fourth-order valence-electron chi connectivity index (χ4n) is 2.51. The summed E-state index contributed by atoms with van der Waals surface area (Å²) in [4.78, 5) is 12.8. The van der Waals surface area contributed by atoms with E-state index in [9.17, 15) is 9.90 Å². The van der Waals surface area contributed by atoms with Crippen LogP contribution in [0.3, 0.4) is 0 Å². The van der Waals surface area contributed by atoms with Crippen LogP contribution in [0.15, 0.2) is 24.3 Å². The predicted molar refractivity (Wildman–Crippen MR) is 71.7 cm³/mol. The Labute approximate surface area is 112 Å². The van der Waals surface area contributed by atoms with Crippen molar-refractivity contribution in [3.05, 3.63) is 35.4 Å². The van der Waals surface area contributed by atoms with E-state index in [1.54, 1.807) is 0 Å². The zero-order valence-electron chi connectivity index (χ0n) is 10.8. The number of carbonyl (C=O) groups is 1. The SMILES string of the molecule is N[C@H](CCN1Cc2ccccc2C[C@H]1CO)C(=O)O. The molecule has 0 amide bonds. The third-order valence-electron chi connectivity index (χ3n) is 3.72. The van der Waals surface area contributed by atoms with E-state index in [-0.39, 0.29) is 12.6 Å². The Morgan fingerprint density at radius 1 is 1.42 bits per heavy atom. The lowest BCUT2D eigenvalue weighted by Crippen LogP contribution is -2.45. The molecule has 0 saturated carbocycles. The quantitative estimate of drug-likeness (QED) is 0.707. The van der Waals surface area contributed by atoms with Crippen molar-refractivity contribution in [1.82, 2.24) is 4.90 Å². The van der Waals surface area contributed by atoms with Crippen molar-refractivity contribution in [3.8, 4) is 0 Å². The van der Waals surface area contributed by atoms with Gasteiger partial charge in [0, 0.05) is 19.1 Å². The first-order valence-electron chi connectivity index (χ1n) is 6.52. The molecule has 19 heavy (non-hydrogen) atoms. The van der Waals surface area contributed by atoms with E-state index in [2.05, 4.69) is 17.0 Å². The average Bonchev–Trinajstić information content (AvgIpc) is 2.43. The zero-order valence-corrected chi connectivity index (χ0v) is 10.8. The Morgan fingerprint density at radius 3 is 2.74 bits per heavy atom. The summed E-state index contributed by atoms with van der Waals surface area (Å²) >= 11 is 0. The van der Waals surface area contributed by atoms with Gasteiger partial charge in [0.1, 0.15) is 6.04 Å². The number of carboxylic acid groups (broad SMARTS) is 1. The number of hydrogen-bond acceptors (Lipinski definition) is 4. The van der Waals surface area contributed by atoms with Gasteiger partial charge in [-0.3, -0.25) is 9.69 Å². The van der Waals surface area contributed by atoms with Crippen molar-refractivity contribution in [3.63, 3.8) is 0 Å². The summed E-state index contributed by atoms with van der Waals surface area (Å²) in [6.45, 7) is 1.41. The molecule has 2 atom stereocenters. The largest absolute Gasteiger partial charge is 0.480 e. The van der Waals surface area contributed by atoms with E-state index in [0.717, 1.165) is 13.0 Å². The third kappa shape index (κ3) is 3.32. The van der Waals surface area contributed by atoms with Crippen LogP contribution in [0, 0.1) is 0 Å². The van der Waals surface area contributed by atoms with Crippen molar-refractivity contribution >= 4 is 5.97 Å². The van der Waals surface area contributed by atoms with Gasteiger partial charge >= 0.3 is 5.97 Å². The second-order valence-corrected chi connectivity index (χ2v) is 5.01. The molecule has 2 rings (SSSR count). The minimum atomic E-state index is -0.974. The van der Waals surface area contributed by atoms with E-state index in [1.807, 2.05) is 12.1 Å². The summed E-state index contributed by atoms with van der Waals surface area (Å²) in [5.74, 6) is -0.974. The van der Waals surface area contributed by atoms with Crippen molar-refractivity contribution in [2.75, 3.05) is 13.2 Å². The fraction of sp³-hybridized carbons (Fsp3) is 0.500. The molecule has 0 spiro atoms. The Bertz CT molecular complexity index is 450. The van der Waals surface area contributed by atoms with Gasteiger partial charge in [-0.1, -0.05) is 24.3 Å². The van der Waals surface area contributed by atoms with Crippen LogP contribution in [0.1, 0.15) is 17.5 Å². The van der Waals surface area contributed by atoms with Crippen LogP contribution >= 0.6 is 0 Å². The second kappa shape index (κ2) is 6.14. The highest BCUT2D eigenvalue weighted by atomic mass is 16.4. The maximum Gasteiger partial charge on any atom is 0.320 e. The molecule has 0 saturated heterocycles. The van der Waals surface area contributed by atoms with Crippen LogP contribution in [0.2, 0.25) is 0 Å². The number of benzene rings is 1. The highest BCUT2D eigenvalue weighted by Gasteiger charge is 2.26. The monoisotopic (exact) mass is 264 g/mol. The summed E-state index contributed by atoms with van der Waals surface area (Å²) in [5.41, 5.74) is 8.04. The van der Waals surface area contributed by atoms with Crippen molar-refractivity contribution in [2.45, 2.75) is 31.5 Å². The lowest BCUT2D eigenvalue weighted by molar-refractivity contribution is -0.138. The maximum absolute atomic E-state index is 10.7. The van der Waals surface area contributed by atoms with Crippen LogP contribution in [0.4, 0.5) is 0 Å². The second-order valence-electron chi connectivity index (χ2n) is 5.01. The molecule has 4 N–H and O–H groups in total. The zero-order chi connectivity index (χ0) is 13.8. The molecule has 0 radical (unpaired) electrons. The van der Waals surface area contributed by atoms with Gasteiger partial charge in [0.25, 0.3) is 0 Å². The molecule has 0 bridgehead atoms. The molecule has 104 valence electrons. The predicted octanol–water partition coefficient (Wildman–Crippen LogP) is 0.208. The number of aliphatic carboxylic acids is 1. The first kappa shape index (κ1) is 14.0. The number of nitrogens with two attached hydrogens (primary N) is 1. The molecule has 0 unspecified atom stereocenters.